The Hall–Kier alpha value is -2.69. The molecule has 0 spiro atoms. The Kier molecular flexibility index (Phi) is 4.68. The molecule has 2 nitrogen and oxygen atoms in total. The van der Waals surface area contributed by atoms with Crippen LogP contribution in [0.25, 0.3) is 28.2 Å². The lowest BCUT2D eigenvalue weighted by molar-refractivity contribution is 0.629. The lowest BCUT2D eigenvalue weighted by Crippen LogP contribution is -2.00. The van der Waals surface area contributed by atoms with Crippen LogP contribution in [0, 0.1) is 11.6 Å². The van der Waals surface area contributed by atoms with Crippen LogP contribution >= 0.6 is 23.2 Å². The molecule has 0 saturated carbocycles. The maximum Gasteiger partial charge on any atom is 0.132 e. The van der Waals surface area contributed by atoms with Crippen LogP contribution in [0.5, 0.6) is 0 Å². The van der Waals surface area contributed by atoms with Crippen molar-refractivity contribution in [3.8, 4) is 28.2 Å². The second-order valence-corrected chi connectivity index (χ2v) is 6.79. The number of aromatic nitrogens is 2. The topological polar surface area (TPSA) is 17.8 Å². The molecule has 4 rings (SSSR count). The van der Waals surface area contributed by atoms with Crippen LogP contribution in [-0.4, -0.2) is 9.78 Å². The van der Waals surface area contributed by atoms with E-state index in [1.165, 1.54) is 16.8 Å². The first-order chi connectivity index (χ1) is 13.0. The Labute approximate surface area is 164 Å². The summed E-state index contributed by atoms with van der Waals surface area (Å²) < 4.78 is 30.2. The average molecular weight is 401 g/mol. The zero-order valence-corrected chi connectivity index (χ0v) is 15.3. The van der Waals surface area contributed by atoms with E-state index in [-0.39, 0.29) is 0 Å². The molecule has 0 radical (unpaired) electrons. The summed E-state index contributed by atoms with van der Waals surface area (Å²) in [5.41, 5.74) is 2.05. The molecule has 0 amide bonds. The molecular formula is C21H12Cl2F2N2. The van der Waals surface area contributed by atoms with Crippen molar-refractivity contribution >= 4 is 23.2 Å². The first-order valence-electron chi connectivity index (χ1n) is 8.09. The SMILES string of the molecule is Fc1ccccc1-c1cc(-c2ccccc2F)n(-c2cc(Cl)cc(Cl)c2)n1. The van der Waals surface area contributed by atoms with Crippen LogP contribution in [0.15, 0.2) is 72.8 Å². The van der Waals surface area contributed by atoms with Gasteiger partial charge in [-0.1, -0.05) is 47.5 Å². The van der Waals surface area contributed by atoms with Crippen LogP contribution in [-0.2, 0) is 0 Å². The molecule has 27 heavy (non-hydrogen) atoms. The van der Waals surface area contributed by atoms with Gasteiger partial charge in [-0.2, -0.15) is 5.10 Å². The highest BCUT2D eigenvalue weighted by molar-refractivity contribution is 6.34. The van der Waals surface area contributed by atoms with Gasteiger partial charge in [0.05, 0.1) is 17.1 Å². The standard InChI is InChI=1S/C21H12Cl2F2N2/c22-13-9-14(23)11-15(10-13)27-21(17-6-2-4-8-19(17)25)12-20(26-27)16-5-1-3-7-18(16)24/h1-12H. The largest absolute Gasteiger partial charge is 0.232 e. The summed E-state index contributed by atoms with van der Waals surface area (Å²) in [7, 11) is 0. The van der Waals surface area contributed by atoms with Gasteiger partial charge in [0.1, 0.15) is 11.6 Å². The quantitative estimate of drug-likeness (QED) is 0.370. The Morgan fingerprint density at radius 2 is 1.26 bits per heavy atom. The fourth-order valence-corrected chi connectivity index (χ4v) is 3.42. The summed E-state index contributed by atoms with van der Waals surface area (Å²) in [6, 6.07) is 19.2. The molecule has 0 bridgehead atoms. The molecule has 0 fully saturated rings. The number of halogens is 4. The number of benzene rings is 3. The van der Waals surface area contributed by atoms with Crippen molar-refractivity contribution in [2.75, 3.05) is 0 Å². The van der Waals surface area contributed by atoms with Crippen LogP contribution in [0.2, 0.25) is 10.0 Å². The van der Waals surface area contributed by atoms with Crippen molar-refractivity contribution in [2.45, 2.75) is 0 Å². The van der Waals surface area contributed by atoms with Gasteiger partial charge < -0.3 is 0 Å². The van der Waals surface area contributed by atoms with Gasteiger partial charge >= 0.3 is 0 Å². The third-order valence-corrected chi connectivity index (χ3v) is 4.54. The second kappa shape index (κ2) is 7.14. The molecule has 1 heterocycles. The van der Waals surface area contributed by atoms with E-state index in [1.807, 2.05) is 0 Å². The number of nitrogens with zero attached hydrogens (tertiary/aromatic N) is 2. The van der Waals surface area contributed by atoms with E-state index in [1.54, 1.807) is 60.7 Å². The maximum atomic E-state index is 14.5. The zero-order chi connectivity index (χ0) is 19.0. The van der Waals surface area contributed by atoms with Crippen molar-refractivity contribution in [2.24, 2.45) is 0 Å². The van der Waals surface area contributed by atoms with Gasteiger partial charge in [-0.25, -0.2) is 13.5 Å². The van der Waals surface area contributed by atoms with Gasteiger partial charge in [-0.3, -0.25) is 0 Å². The average Bonchev–Trinajstić information content (AvgIpc) is 3.06. The summed E-state index contributed by atoms with van der Waals surface area (Å²) >= 11 is 12.2. The predicted octanol–water partition coefficient (Wildman–Crippen LogP) is 6.79. The molecule has 4 aromatic rings. The normalized spacial score (nSPS) is 11.0. The number of hydrogen-bond donors (Lipinski definition) is 0. The third-order valence-electron chi connectivity index (χ3n) is 4.10. The summed E-state index contributed by atoms with van der Waals surface area (Å²) in [6.07, 6.45) is 0. The van der Waals surface area contributed by atoms with E-state index in [4.69, 9.17) is 23.2 Å². The molecule has 0 atom stereocenters. The number of rotatable bonds is 3. The van der Waals surface area contributed by atoms with Crippen LogP contribution in [0.3, 0.4) is 0 Å². The Morgan fingerprint density at radius 3 is 1.85 bits per heavy atom. The molecule has 134 valence electrons. The van der Waals surface area contributed by atoms with E-state index >= 15 is 0 Å². The van der Waals surface area contributed by atoms with Crippen LogP contribution in [0.1, 0.15) is 0 Å². The zero-order valence-electron chi connectivity index (χ0n) is 13.8. The highest BCUT2D eigenvalue weighted by Crippen LogP contribution is 2.32. The van der Waals surface area contributed by atoms with Crippen LogP contribution in [0.4, 0.5) is 8.78 Å². The maximum absolute atomic E-state index is 14.5. The highest BCUT2D eigenvalue weighted by atomic mass is 35.5. The van der Waals surface area contributed by atoms with Crippen molar-refractivity contribution in [3.05, 3.63) is 94.5 Å². The molecule has 0 unspecified atom stereocenters. The first kappa shape index (κ1) is 17.7. The molecule has 0 aliphatic rings. The molecular weight excluding hydrogens is 389 g/mol. The summed E-state index contributed by atoms with van der Waals surface area (Å²) in [5, 5.41) is 5.34. The Morgan fingerprint density at radius 1 is 0.704 bits per heavy atom. The van der Waals surface area contributed by atoms with Gasteiger partial charge in [0.2, 0.25) is 0 Å². The third kappa shape index (κ3) is 3.46. The number of hydrogen-bond acceptors (Lipinski definition) is 1. The highest BCUT2D eigenvalue weighted by Gasteiger charge is 2.18. The molecule has 3 aromatic carbocycles. The minimum absolute atomic E-state index is 0.321. The molecule has 0 saturated heterocycles. The smallest absolute Gasteiger partial charge is 0.132 e. The molecule has 0 aliphatic heterocycles. The van der Waals surface area contributed by atoms with E-state index < -0.39 is 11.6 Å². The summed E-state index contributed by atoms with van der Waals surface area (Å²) in [4.78, 5) is 0. The van der Waals surface area contributed by atoms with Crippen molar-refractivity contribution in [3.63, 3.8) is 0 Å². The van der Waals surface area contributed by atoms with Crippen molar-refractivity contribution in [1.29, 1.82) is 0 Å². The van der Waals surface area contributed by atoms with Gasteiger partial charge in [0.15, 0.2) is 0 Å². The van der Waals surface area contributed by atoms with Crippen molar-refractivity contribution < 1.29 is 8.78 Å². The lowest BCUT2D eigenvalue weighted by atomic mass is 10.1. The first-order valence-corrected chi connectivity index (χ1v) is 8.85. The lowest BCUT2D eigenvalue weighted by Gasteiger charge is -2.09. The minimum atomic E-state index is -0.411. The summed E-state index contributed by atoms with van der Waals surface area (Å²) in [6.45, 7) is 0. The fourth-order valence-electron chi connectivity index (χ4n) is 2.90. The minimum Gasteiger partial charge on any atom is -0.232 e. The van der Waals surface area contributed by atoms with Crippen molar-refractivity contribution in [1.82, 2.24) is 9.78 Å². The monoisotopic (exact) mass is 400 g/mol. The fraction of sp³-hybridized carbons (Fsp3) is 0. The second-order valence-electron chi connectivity index (χ2n) is 5.91. The molecule has 6 heteroatoms. The van der Waals surface area contributed by atoms with E-state index in [9.17, 15) is 8.78 Å². The Bertz CT molecular complexity index is 1120. The van der Waals surface area contributed by atoms with E-state index in [0.717, 1.165) is 0 Å². The molecule has 0 aliphatic carbocycles. The van der Waals surface area contributed by atoms with Gasteiger partial charge in [-0.05, 0) is 48.5 Å². The Balaban J connectivity index is 1.99. The van der Waals surface area contributed by atoms with E-state index in [2.05, 4.69) is 5.10 Å². The van der Waals surface area contributed by atoms with Gasteiger partial charge in [-0.15, -0.1) is 0 Å². The van der Waals surface area contributed by atoms with E-state index in [0.29, 0.717) is 38.2 Å². The van der Waals surface area contributed by atoms with Gasteiger partial charge in [0.25, 0.3) is 0 Å². The predicted molar refractivity (Wildman–Crippen MR) is 104 cm³/mol. The molecule has 1 aromatic heterocycles. The van der Waals surface area contributed by atoms with Crippen LogP contribution < -0.4 is 0 Å². The summed E-state index contributed by atoms with van der Waals surface area (Å²) in [5.74, 6) is -0.821. The molecule has 0 N–H and O–H groups in total. The van der Waals surface area contributed by atoms with Gasteiger partial charge in [0, 0.05) is 21.2 Å².